The quantitative estimate of drug-likeness (QED) is 0.464. The third-order valence-electron chi connectivity index (χ3n) is 2.44. The molecule has 0 unspecified atom stereocenters. The van der Waals surface area contributed by atoms with E-state index in [1.807, 2.05) is 21.6 Å². The van der Waals surface area contributed by atoms with E-state index in [-0.39, 0.29) is 0 Å². The van der Waals surface area contributed by atoms with Crippen molar-refractivity contribution in [2.45, 2.75) is 52.7 Å². The molecule has 0 aliphatic rings. The summed E-state index contributed by atoms with van der Waals surface area (Å²) in [5.74, 6) is 2.89. The van der Waals surface area contributed by atoms with Crippen molar-refractivity contribution in [3.63, 3.8) is 0 Å². The fourth-order valence-electron chi connectivity index (χ4n) is 0.574. The smallest absolute Gasteiger partial charge is 0.0230 e. The second kappa shape index (κ2) is 6.23. The minimum atomic E-state index is 0.418. The summed E-state index contributed by atoms with van der Waals surface area (Å²) in [6, 6.07) is 0. The Morgan fingerprint density at radius 2 is 1.62 bits per heavy atom. The van der Waals surface area contributed by atoms with Gasteiger partial charge < -0.3 is 0 Å². The van der Waals surface area contributed by atoms with Crippen molar-refractivity contribution in [3.05, 3.63) is 0 Å². The fourth-order valence-corrected chi connectivity index (χ4v) is 3.75. The van der Waals surface area contributed by atoms with Gasteiger partial charge in [0, 0.05) is 10.5 Å². The van der Waals surface area contributed by atoms with E-state index in [0.29, 0.717) is 4.75 Å². The van der Waals surface area contributed by atoms with Crippen LogP contribution in [0.15, 0.2) is 0 Å². The molecule has 0 aliphatic heterocycles. The summed E-state index contributed by atoms with van der Waals surface area (Å²) in [6.07, 6.45) is 1.34. The zero-order valence-corrected chi connectivity index (χ0v) is 11.5. The maximum Gasteiger partial charge on any atom is 0.0230 e. The van der Waals surface area contributed by atoms with Crippen LogP contribution in [0.3, 0.4) is 0 Å². The molecule has 0 saturated carbocycles. The summed E-state index contributed by atoms with van der Waals surface area (Å²) in [6.45, 7) is 13.9. The topological polar surface area (TPSA) is 0 Å². The van der Waals surface area contributed by atoms with Crippen molar-refractivity contribution in [2.75, 3.05) is 5.75 Å². The van der Waals surface area contributed by atoms with Crippen LogP contribution >= 0.6 is 21.6 Å². The highest BCUT2D eigenvalue weighted by atomic mass is 33.1. The Balaban J connectivity index is 3.52. The van der Waals surface area contributed by atoms with E-state index in [9.17, 15) is 0 Å². The largest absolute Gasteiger partial charge is 0.0936 e. The molecule has 0 saturated heterocycles. The lowest BCUT2D eigenvalue weighted by molar-refractivity contribution is 0.507. The molecule has 0 radical (unpaired) electrons. The summed E-state index contributed by atoms with van der Waals surface area (Å²) in [5.41, 5.74) is 0. The van der Waals surface area contributed by atoms with E-state index in [1.165, 1.54) is 12.2 Å². The highest BCUT2D eigenvalue weighted by Gasteiger charge is 2.22. The van der Waals surface area contributed by atoms with Crippen LogP contribution in [-0.2, 0) is 0 Å². The highest BCUT2D eigenvalue weighted by molar-refractivity contribution is 8.77. The maximum atomic E-state index is 2.34. The highest BCUT2D eigenvalue weighted by Crippen LogP contribution is 2.40. The zero-order chi connectivity index (χ0) is 10.5. The van der Waals surface area contributed by atoms with E-state index in [2.05, 4.69) is 41.5 Å². The average Bonchev–Trinajstić information content (AvgIpc) is 1.97. The predicted molar refractivity (Wildman–Crippen MR) is 68.4 cm³/mol. The molecular formula is C11H24S2. The van der Waals surface area contributed by atoms with Crippen LogP contribution in [-0.4, -0.2) is 10.5 Å². The SMILES string of the molecule is CC(C)CCSSC(C)(C)C(C)C. The summed E-state index contributed by atoms with van der Waals surface area (Å²) in [5, 5.41) is 0. The standard InChI is InChI=1S/C11H24S2/c1-9(2)7-8-12-13-11(5,6)10(3)4/h9-10H,7-8H2,1-6H3. The average molecular weight is 220 g/mol. The van der Waals surface area contributed by atoms with Gasteiger partial charge >= 0.3 is 0 Å². The summed E-state index contributed by atoms with van der Waals surface area (Å²) < 4.78 is 0.418. The van der Waals surface area contributed by atoms with Crippen LogP contribution in [0.25, 0.3) is 0 Å². The number of hydrogen-bond acceptors (Lipinski definition) is 2. The van der Waals surface area contributed by atoms with Crippen molar-refractivity contribution in [3.8, 4) is 0 Å². The van der Waals surface area contributed by atoms with Gasteiger partial charge in [-0.2, -0.15) is 0 Å². The number of hydrogen-bond donors (Lipinski definition) is 0. The first-order valence-corrected chi connectivity index (χ1v) is 7.48. The Kier molecular flexibility index (Phi) is 6.57. The first-order valence-electron chi connectivity index (χ1n) is 5.17. The minimum absolute atomic E-state index is 0.418. The van der Waals surface area contributed by atoms with Crippen LogP contribution in [0, 0.1) is 11.8 Å². The first-order chi connectivity index (χ1) is 5.86. The molecule has 0 heterocycles. The van der Waals surface area contributed by atoms with Gasteiger partial charge in [0.2, 0.25) is 0 Å². The van der Waals surface area contributed by atoms with E-state index in [0.717, 1.165) is 11.8 Å². The van der Waals surface area contributed by atoms with E-state index >= 15 is 0 Å². The van der Waals surface area contributed by atoms with E-state index in [4.69, 9.17) is 0 Å². The molecular weight excluding hydrogens is 196 g/mol. The molecule has 13 heavy (non-hydrogen) atoms. The lowest BCUT2D eigenvalue weighted by atomic mass is 10.00. The van der Waals surface area contributed by atoms with Crippen LogP contribution < -0.4 is 0 Å². The van der Waals surface area contributed by atoms with Crippen LogP contribution in [0.5, 0.6) is 0 Å². The molecule has 0 bridgehead atoms. The molecule has 2 heteroatoms. The molecule has 0 amide bonds. The third-order valence-corrected chi connectivity index (χ3v) is 6.01. The Morgan fingerprint density at radius 3 is 2.00 bits per heavy atom. The maximum absolute atomic E-state index is 2.34. The van der Waals surface area contributed by atoms with Crippen molar-refractivity contribution in [1.29, 1.82) is 0 Å². The molecule has 0 aromatic rings. The van der Waals surface area contributed by atoms with Crippen molar-refractivity contribution >= 4 is 21.6 Å². The third kappa shape index (κ3) is 6.73. The van der Waals surface area contributed by atoms with Gasteiger partial charge in [-0.25, -0.2) is 0 Å². The Bertz CT molecular complexity index is 128. The van der Waals surface area contributed by atoms with Gasteiger partial charge in [-0.15, -0.1) is 0 Å². The summed E-state index contributed by atoms with van der Waals surface area (Å²) in [7, 11) is 4.08. The first kappa shape index (κ1) is 13.7. The molecule has 0 aromatic carbocycles. The molecule has 0 fully saturated rings. The van der Waals surface area contributed by atoms with Crippen molar-refractivity contribution in [2.24, 2.45) is 11.8 Å². The lowest BCUT2D eigenvalue weighted by Gasteiger charge is -2.27. The normalized spacial score (nSPS) is 12.9. The molecule has 0 atom stereocenters. The molecule has 0 aromatic heterocycles. The monoisotopic (exact) mass is 220 g/mol. The summed E-state index contributed by atoms with van der Waals surface area (Å²) >= 11 is 0. The zero-order valence-electron chi connectivity index (χ0n) is 9.89. The van der Waals surface area contributed by atoms with Gasteiger partial charge in [0.15, 0.2) is 0 Å². The predicted octanol–water partition coefficient (Wildman–Crippen LogP) is 4.85. The van der Waals surface area contributed by atoms with Crippen LogP contribution in [0.1, 0.15) is 48.0 Å². The van der Waals surface area contributed by atoms with Gasteiger partial charge in [-0.1, -0.05) is 49.3 Å². The molecule has 0 rings (SSSR count). The molecule has 80 valence electrons. The fraction of sp³-hybridized carbons (Fsp3) is 1.00. The lowest BCUT2D eigenvalue weighted by Crippen LogP contribution is -2.21. The molecule has 0 N–H and O–H groups in total. The van der Waals surface area contributed by atoms with Gasteiger partial charge in [-0.3, -0.25) is 0 Å². The second-order valence-electron chi connectivity index (χ2n) is 4.85. The van der Waals surface area contributed by atoms with E-state index in [1.54, 1.807) is 0 Å². The van der Waals surface area contributed by atoms with Crippen molar-refractivity contribution in [1.82, 2.24) is 0 Å². The Hall–Kier alpha value is 0.700. The van der Waals surface area contributed by atoms with E-state index < -0.39 is 0 Å². The Morgan fingerprint density at radius 1 is 1.08 bits per heavy atom. The van der Waals surface area contributed by atoms with Crippen molar-refractivity contribution < 1.29 is 0 Å². The minimum Gasteiger partial charge on any atom is -0.0936 e. The van der Waals surface area contributed by atoms with Crippen LogP contribution in [0.4, 0.5) is 0 Å². The van der Waals surface area contributed by atoms with Crippen LogP contribution in [0.2, 0.25) is 0 Å². The summed E-state index contributed by atoms with van der Waals surface area (Å²) in [4.78, 5) is 0. The second-order valence-corrected chi connectivity index (χ2v) is 7.92. The van der Waals surface area contributed by atoms with Gasteiger partial charge in [0.1, 0.15) is 0 Å². The molecule has 0 nitrogen and oxygen atoms in total. The molecule has 0 spiro atoms. The Labute approximate surface area is 92.0 Å². The van der Waals surface area contributed by atoms with Gasteiger partial charge in [0.05, 0.1) is 0 Å². The van der Waals surface area contributed by atoms with Gasteiger partial charge in [0.25, 0.3) is 0 Å². The molecule has 0 aliphatic carbocycles. The number of rotatable bonds is 6. The van der Waals surface area contributed by atoms with Gasteiger partial charge in [-0.05, 0) is 32.1 Å².